The van der Waals surface area contributed by atoms with Crippen LogP contribution in [0.2, 0.25) is 5.02 Å². The van der Waals surface area contributed by atoms with Crippen LogP contribution in [0.4, 0.5) is 10.1 Å². The second-order valence-electron chi connectivity index (χ2n) is 8.15. The second kappa shape index (κ2) is 9.24. The van der Waals surface area contributed by atoms with E-state index in [2.05, 4.69) is 10.2 Å². The van der Waals surface area contributed by atoms with Gasteiger partial charge in [0.1, 0.15) is 5.82 Å². The van der Waals surface area contributed by atoms with Gasteiger partial charge in [-0.1, -0.05) is 47.1 Å². The molecule has 0 bridgehead atoms. The van der Waals surface area contributed by atoms with Crippen molar-refractivity contribution in [3.63, 3.8) is 0 Å². The summed E-state index contributed by atoms with van der Waals surface area (Å²) in [6, 6.07) is 17.3. The Morgan fingerprint density at radius 3 is 2.42 bits per heavy atom. The summed E-state index contributed by atoms with van der Waals surface area (Å²) in [5.74, 6) is -0.483. The van der Waals surface area contributed by atoms with Crippen molar-refractivity contribution in [1.29, 1.82) is 0 Å². The molecule has 3 radical (unpaired) electrons. The number of aryl methyl sites for hydroxylation is 1. The highest BCUT2D eigenvalue weighted by Crippen LogP contribution is 2.33. The smallest absolute Gasteiger partial charge is 0.256 e. The first kappa shape index (κ1) is 23.0. The average Bonchev–Trinajstić information content (AvgIpc) is 2.70. The Morgan fingerprint density at radius 1 is 1.10 bits per heavy atom. The molecule has 0 saturated carbocycles. The van der Waals surface area contributed by atoms with Crippen LogP contribution in [-0.2, 0) is 12.0 Å². The number of amides is 1. The van der Waals surface area contributed by atoms with Gasteiger partial charge in [0.15, 0.2) is 0 Å². The zero-order valence-corrected chi connectivity index (χ0v) is 19.6. The topological polar surface area (TPSA) is 46.3 Å². The highest BCUT2D eigenvalue weighted by molar-refractivity contribution is 6.32. The maximum atomic E-state index is 13.7. The minimum absolute atomic E-state index is 0.200. The number of halogens is 2. The number of rotatable bonds is 6. The highest BCUT2D eigenvalue weighted by atomic mass is 35.5. The zero-order valence-electron chi connectivity index (χ0n) is 17.9. The van der Waals surface area contributed by atoms with E-state index < -0.39 is 5.54 Å². The van der Waals surface area contributed by atoms with E-state index in [9.17, 15) is 9.18 Å². The summed E-state index contributed by atoms with van der Waals surface area (Å²) in [6.07, 6.45) is 0.575. The molecule has 0 aromatic heterocycles. The normalized spacial score (nSPS) is 11.4. The molecule has 6 heteroatoms. The van der Waals surface area contributed by atoms with Crippen LogP contribution in [0.1, 0.15) is 40.9 Å². The first-order valence-corrected chi connectivity index (χ1v) is 10.9. The van der Waals surface area contributed by atoms with Crippen LogP contribution in [0.3, 0.4) is 0 Å². The lowest BCUT2D eigenvalue weighted by Gasteiger charge is -2.40. The van der Waals surface area contributed by atoms with Crippen molar-refractivity contribution in [3.8, 4) is 0 Å². The molecule has 3 nitrogen and oxygen atoms in total. The lowest BCUT2D eigenvalue weighted by atomic mass is 9.87. The molecule has 2 N–H and O–H groups in total. The molecule has 0 aliphatic heterocycles. The van der Waals surface area contributed by atoms with Crippen LogP contribution >= 0.6 is 11.6 Å². The minimum Gasteiger partial charge on any atom is -0.398 e. The molecule has 0 aliphatic carbocycles. The number of nitrogen functional groups attached to an aromatic ring is 1. The van der Waals surface area contributed by atoms with Crippen molar-refractivity contribution in [1.82, 2.24) is 4.90 Å². The predicted octanol–water partition coefficient (Wildman–Crippen LogP) is 4.78. The summed E-state index contributed by atoms with van der Waals surface area (Å²) < 4.78 is 13.3. The molecular formula is C25H25ClFN2OSi. The molecule has 31 heavy (non-hydrogen) atoms. The third-order valence-corrected chi connectivity index (χ3v) is 6.13. The predicted molar refractivity (Wildman–Crippen MR) is 127 cm³/mol. The Balaban J connectivity index is 2.02. The molecule has 3 aromatic rings. The van der Waals surface area contributed by atoms with Gasteiger partial charge in [-0.3, -0.25) is 4.79 Å². The van der Waals surface area contributed by atoms with E-state index in [-0.39, 0.29) is 11.7 Å². The summed E-state index contributed by atoms with van der Waals surface area (Å²) in [6.45, 7) is 6.49. The Labute approximate surface area is 191 Å². The molecule has 1 amide bonds. The molecular weight excluding hydrogens is 427 g/mol. The van der Waals surface area contributed by atoms with Gasteiger partial charge in [-0.15, -0.1) is 0 Å². The number of carbonyl (C=O) groups is 1. The maximum absolute atomic E-state index is 13.7. The summed E-state index contributed by atoms with van der Waals surface area (Å²) in [7, 11) is 3.56. The van der Waals surface area contributed by atoms with E-state index in [1.165, 1.54) is 12.1 Å². The number of anilines is 1. The summed E-state index contributed by atoms with van der Waals surface area (Å²) in [5.41, 5.74) is 9.29. The molecule has 0 aliphatic rings. The van der Waals surface area contributed by atoms with Gasteiger partial charge in [0.2, 0.25) is 0 Å². The summed E-state index contributed by atoms with van der Waals surface area (Å²) >= 11 is 6.16. The van der Waals surface area contributed by atoms with Crippen molar-refractivity contribution in [3.05, 3.63) is 93.8 Å². The van der Waals surface area contributed by atoms with Crippen molar-refractivity contribution in [2.24, 2.45) is 0 Å². The fourth-order valence-corrected chi connectivity index (χ4v) is 4.35. The molecule has 3 aromatic carbocycles. The number of hydrogen-bond acceptors (Lipinski definition) is 2. The van der Waals surface area contributed by atoms with E-state index >= 15 is 0 Å². The molecule has 0 atom stereocenters. The summed E-state index contributed by atoms with van der Waals surface area (Å²) in [5, 5.41) is 1.42. The number of carbonyl (C=O) groups excluding carboxylic acids is 1. The van der Waals surface area contributed by atoms with Crippen LogP contribution in [0.15, 0.2) is 60.7 Å². The van der Waals surface area contributed by atoms with Gasteiger partial charge in [0.25, 0.3) is 5.91 Å². The first-order chi connectivity index (χ1) is 14.6. The highest BCUT2D eigenvalue weighted by Gasteiger charge is 2.34. The second-order valence-corrected chi connectivity index (χ2v) is 9.17. The minimum atomic E-state index is -0.629. The van der Waals surface area contributed by atoms with Gasteiger partial charge in [-0.05, 0) is 74.2 Å². The fourth-order valence-electron chi connectivity index (χ4n) is 3.88. The molecule has 159 valence electrons. The lowest BCUT2D eigenvalue weighted by Crippen LogP contribution is -2.47. The van der Waals surface area contributed by atoms with Crippen LogP contribution in [0, 0.1) is 12.7 Å². The standard InChI is InChI=1S/C25H25ClFN2OSi/c1-16-14-20(31)9-10-22(16)25(2,3)29(13-12-17-4-7-19(27)8-5-17)24(30)21-15-18(26)6-11-23(21)28/h4-11,14-15H,12-13,28H2,1-3H3. The third kappa shape index (κ3) is 5.17. The maximum Gasteiger partial charge on any atom is 0.256 e. The molecule has 0 saturated heterocycles. The van der Waals surface area contributed by atoms with Crippen molar-refractivity contribution < 1.29 is 9.18 Å². The SMILES string of the molecule is Cc1cc([Si])ccc1C(C)(C)N(CCc1ccc(F)cc1)C(=O)c1cc(Cl)ccc1N. The van der Waals surface area contributed by atoms with Gasteiger partial charge in [-0.25, -0.2) is 4.39 Å². The zero-order chi connectivity index (χ0) is 22.8. The van der Waals surface area contributed by atoms with Crippen LogP contribution in [-0.4, -0.2) is 27.6 Å². The molecule has 0 fully saturated rings. The van der Waals surface area contributed by atoms with Gasteiger partial charge < -0.3 is 10.6 Å². The van der Waals surface area contributed by atoms with Gasteiger partial charge in [0.05, 0.1) is 21.3 Å². The quantitative estimate of drug-likeness (QED) is 0.433. The van der Waals surface area contributed by atoms with E-state index in [0.29, 0.717) is 29.2 Å². The average molecular weight is 452 g/mol. The first-order valence-electron chi connectivity index (χ1n) is 10.0. The van der Waals surface area contributed by atoms with Crippen LogP contribution in [0.5, 0.6) is 0 Å². The molecule has 0 heterocycles. The van der Waals surface area contributed by atoms with Gasteiger partial charge in [-0.2, -0.15) is 0 Å². The van der Waals surface area contributed by atoms with Gasteiger partial charge >= 0.3 is 0 Å². The third-order valence-electron chi connectivity index (χ3n) is 5.59. The Bertz CT molecular complexity index is 1100. The van der Waals surface area contributed by atoms with E-state index in [1.807, 2.05) is 43.9 Å². The monoisotopic (exact) mass is 451 g/mol. The lowest BCUT2D eigenvalue weighted by molar-refractivity contribution is 0.0544. The Morgan fingerprint density at radius 2 is 1.77 bits per heavy atom. The Hall–Kier alpha value is -2.63. The fraction of sp³-hybridized carbons (Fsp3) is 0.240. The molecule has 0 spiro atoms. The summed E-state index contributed by atoms with van der Waals surface area (Å²) in [4.78, 5) is 15.5. The van der Waals surface area contributed by atoms with Gasteiger partial charge in [0, 0.05) is 17.3 Å². The number of nitrogens with two attached hydrogens (primary N) is 1. The van der Waals surface area contributed by atoms with E-state index in [0.717, 1.165) is 21.9 Å². The van der Waals surface area contributed by atoms with Crippen molar-refractivity contribution in [2.75, 3.05) is 12.3 Å². The largest absolute Gasteiger partial charge is 0.398 e. The van der Waals surface area contributed by atoms with E-state index in [4.69, 9.17) is 17.3 Å². The number of nitrogens with zero attached hydrogens (tertiary/aromatic N) is 1. The molecule has 0 unspecified atom stereocenters. The van der Waals surface area contributed by atoms with E-state index in [1.54, 1.807) is 30.3 Å². The Kier molecular flexibility index (Phi) is 6.87. The molecule has 3 rings (SSSR count). The number of benzene rings is 3. The van der Waals surface area contributed by atoms with Crippen molar-refractivity contribution >= 4 is 38.6 Å². The van der Waals surface area contributed by atoms with Crippen LogP contribution in [0.25, 0.3) is 0 Å². The van der Waals surface area contributed by atoms with Crippen LogP contribution < -0.4 is 10.9 Å². The van der Waals surface area contributed by atoms with Crippen molar-refractivity contribution in [2.45, 2.75) is 32.7 Å². The number of hydrogen-bond donors (Lipinski definition) is 1.